The van der Waals surface area contributed by atoms with Crippen molar-refractivity contribution < 1.29 is 0 Å². The molecule has 100 valence electrons. The molecule has 1 aromatic rings. The predicted octanol–water partition coefficient (Wildman–Crippen LogP) is 2.19. The number of hydrogen-bond acceptors (Lipinski definition) is 6. The van der Waals surface area contributed by atoms with E-state index in [-0.39, 0.29) is 5.92 Å². The zero-order chi connectivity index (χ0) is 13.2. The van der Waals surface area contributed by atoms with E-state index in [0.717, 1.165) is 18.2 Å². The Morgan fingerprint density at radius 2 is 2.06 bits per heavy atom. The van der Waals surface area contributed by atoms with Gasteiger partial charge in [0.15, 0.2) is 0 Å². The minimum atomic E-state index is 0.286. The van der Waals surface area contributed by atoms with Crippen LogP contribution in [0.1, 0.15) is 38.4 Å². The zero-order valence-electron chi connectivity index (χ0n) is 11.2. The fourth-order valence-electron chi connectivity index (χ4n) is 1.73. The first-order valence-corrected chi connectivity index (χ1v) is 7.46. The number of nitrogens with zero attached hydrogens (tertiary/aromatic N) is 2. The van der Waals surface area contributed by atoms with E-state index < -0.39 is 0 Å². The monoisotopic (exact) mass is 267 g/mol. The van der Waals surface area contributed by atoms with Crippen molar-refractivity contribution in [3.8, 4) is 0 Å². The summed E-state index contributed by atoms with van der Waals surface area (Å²) >= 11 is 1.93. The van der Waals surface area contributed by atoms with Crippen LogP contribution in [0.3, 0.4) is 0 Å². The van der Waals surface area contributed by atoms with Gasteiger partial charge in [0.2, 0.25) is 0 Å². The molecule has 1 aromatic heterocycles. The Labute approximate surface area is 112 Å². The summed E-state index contributed by atoms with van der Waals surface area (Å²) in [4.78, 5) is 8.86. The van der Waals surface area contributed by atoms with Crippen molar-refractivity contribution in [1.29, 1.82) is 0 Å². The Balaban J connectivity index is 2.09. The normalized spacial score (nSPS) is 16.7. The number of anilines is 2. The summed E-state index contributed by atoms with van der Waals surface area (Å²) in [6.45, 7) is 5.10. The van der Waals surface area contributed by atoms with Crippen LogP contribution in [-0.2, 0) is 0 Å². The topological polar surface area (TPSA) is 75.9 Å². The van der Waals surface area contributed by atoms with Crippen molar-refractivity contribution in [3.63, 3.8) is 0 Å². The Morgan fingerprint density at radius 1 is 1.39 bits per heavy atom. The smallest absolute Gasteiger partial charge is 0.145 e. The molecule has 1 heterocycles. The minimum absolute atomic E-state index is 0.286. The van der Waals surface area contributed by atoms with E-state index in [1.807, 2.05) is 17.8 Å². The lowest BCUT2D eigenvalue weighted by atomic mass is 10.2. The summed E-state index contributed by atoms with van der Waals surface area (Å²) in [5, 5.41) is 3.40. The van der Waals surface area contributed by atoms with Gasteiger partial charge in [-0.25, -0.2) is 15.8 Å². The molecule has 5 nitrogen and oxygen atoms in total. The third kappa shape index (κ3) is 3.05. The fourth-order valence-corrected chi connectivity index (χ4v) is 2.46. The molecule has 0 bridgehead atoms. The molecule has 0 amide bonds. The Hall–Kier alpha value is -1.01. The molecule has 0 aliphatic heterocycles. The lowest BCUT2D eigenvalue weighted by Crippen LogP contribution is -2.19. The number of nitrogens with one attached hydrogen (secondary N) is 2. The number of aromatic nitrogens is 2. The van der Waals surface area contributed by atoms with Crippen molar-refractivity contribution in [2.45, 2.75) is 37.4 Å². The van der Waals surface area contributed by atoms with Gasteiger partial charge in [0.25, 0.3) is 0 Å². The van der Waals surface area contributed by atoms with Gasteiger partial charge >= 0.3 is 0 Å². The van der Waals surface area contributed by atoms with Gasteiger partial charge in [0.1, 0.15) is 17.5 Å². The largest absolute Gasteiger partial charge is 0.369 e. The van der Waals surface area contributed by atoms with Crippen LogP contribution in [0.5, 0.6) is 0 Å². The second kappa shape index (κ2) is 5.32. The quantitative estimate of drug-likeness (QED) is 0.542. The van der Waals surface area contributed by atoms with Crippen LogP contribution in [0.15, 0.2) is 6.07 Å². The maximum atomic E-state index is 5.44. The second-order valence-electron chi connectivity index (χ2n) is 5.04. The molecular formula is C12H21N5S. The van der Waals surface area contributed by atoms with Crippen LogP contribution in [-0.4, -0.2) is 27.5 Å². The molecule has 0 radical (unpaired) electrons. The van der Waals surface area contributed by atoms with Crippen LogP contribution in [0, 0.1) is 0 Å². The van der Waals surface area contributed by atoms with E-state index in [0.29, 0.717) is 10.6 Å². The highest BCUT2D eigenvalue weighted by Gasteiger charge is 2.41. The van der Waals surface area contributed by atoms with Gasteiger partial charge in [0.05, 0.1) is 0 Å². The van der Waals surface area contributed by atoms with Crippen molar-refractivity contribution in [1.82, 2.24) is 9.97 Å². The highest BCUT2D eigenvalue weighted by molar-refractivity contribution is 8.00. The van der Waals surface area contributed by atoms with E-state index in [4.69, 9.17) is 5.84 Å². The molecule has 0 spiro atoms. The highest BCUT2D eigenvalue weighted by atomic mass is 32.2. The summed E-state index contributed by atoms with van der Waals surface area (Å²) < 4.78 is 0.416. The first-order valence-electron chi connectivity index (χ1n) is 6.23. The Bertz CT molecular complexity index is 417. The first-order chi connectivity index (χ1) is 8.58. The van der Waals surface area contributed by atoms with E-state index in [1.54, 1.807) is 0 Å². The van der Waals surface area contributed by atoms with Crippen molar-refractivity contribution >= 4 is 23.4 Å². The average Bonchev–Trinajstić information content (AvgIpc) is 3.16. The summed E-state index contributed by atoms with van der Waals surface area (Å²) in [5.41, 5.74) is 2.59. The van der Waals surface area contributed by atoms with E-state index in [2.05, 4.69) is 40.8 Å². The van der Waals surface area contributed by atoms with Crippen LogP contribution < -0.4 is 16.6 Å². The van der Waals surface area contributed by atoms with Crippen molar-refractivity contribution in [3.05, 3.63) is 11.9 Å². The van der Waals surface area contributed by atoms with Crippen LogP contribution in [0.4, 0.5) is 11.6 Å². The zero-order valence-corrected chi connectivity index (χ0v) is 12.0. The molecule has 0 saturated heterocycles. The van der Waals surface area contributed by atoms with Gasteiger partial charge in [0, 0.05) is 23.3 Å². The molecule has 4 N–H and O–H groups in total. The molecule has 18 heavy (non-hydrogen) atoms. The Kier molecular flexibility index (Phi) is 3.97. The molecule has 1 aliphatic carbocycles. The molecular weight excluding hydrogens is 246 g/mol. The molecule has 2 rings (SSSR count). The summed E-state index contributed by atoms with van der Waals surface area (Å²) in [6.07, 6.45) is 4.73. The Morgan fingerprint density at radius 3 is 2.56 bits per heavy atom. The number of thioether (sulfide) groups is 1. The van der Waals surface area contributed by atoms with Crippen molar-refractivity contribution in [2.24, 2.45) is 5.84 Å². The van der Waals surface area contributed by atoms with Gasteiger partial charge < -0.3 is 10.7 Å². The number of nitrogens with two attached hydrogens (primary N) is 1. The van der Waals surface area contributed by atoms with E-state index >= 15 is 0 Å². The summed E-state index contributed by atoms with van der Waals surface area (Å²) in [5.74, 6) is 8.04. The molecule has 1 fully saturated rings. The van der Waals surface area contributed by atoms with Gasteiger partial charge in [-0.2, -0.15) is 11.8 Å². The third-order valence-corrected chi connectivity index (χ3v) is 4.66. The first kappa shape index (κ1) is 13.4. The number of hydrogen-bond donors (Lipinski definition) is 3. The van der Waals surface area contributed by atoms with Crippen molar-refractivity contribution in [2.75, 3.05) is 23.5 Å². The summed E-state index contributed by atoms with van der Waals surface area (Å²) in [7, 11) is 0. The molecule has 1 saturated carbocycles. The standard InChI is InChI=1S/C12H21N5S/c1-8(2)11-15-9(6-10(16-11)17-13)14-7-12(18-3)4-5-12/h6,8H,4-5,7,13H2,1-3H3,(H2,14,15,16,17). The van der Waals surface area contributed by atoms with Crippen LogP contribution >= 0.6 is 11.8 Å². The molecule has 0 atom stereocenters. The fraction of sp³-hybridized carbons (Fsp3) is 0.667. The predicted molar refractivity (Wildman–Crippen MR) is 77.9 cm³/mol. The maximum absolute atomic E-state index is 5.44. The third-order valence-electron chi connectivity index (χ3n) is 3.24. The molecule has 6 heteroatoms. The van der Waals surface area contributed by atoms with Gasteiger partial charge in [-0.1, -0.05) is 13.8 Å². The highest BCUT2D eigenvalue weighted by Crippen LogP contribution is 2.46. The minimum Gasteiger partial charge on any atom is -0.369 e. The van der Waals surface area contributed by atoms with Gasteiger partial charge in [-0.15, -0.1) is 0 Å². The SMILES string of the molecule is CSC1(CNc2cc(NN)nc(C(C)C)n2)CC1. The number of rotatable bonds is 6. The van der Waals surface area contributed by atoms with E-state index in [1.165, 1.54) is 12.8 Å². The summed E-state index contributed by atoms with van der Waals surface area (Å²) in [6, 6.07) is 1.85. The molecule has 0 unspecified atom stereocenters. The second-order valence-corrected chi connectivity index (χ2v) is 6.31. The molecule has 0 aromatic carbocycles. The molecule has 1 aliphatic rings. The van der Waals surface area contributed by atoms with Gasteiger partial charge in [-0.05, 0) is 19.1 Å². The van der Waals surface area contributed by atoms with Gasteiger partial charge in [-0.3, -0.25) is 0 Å². The number of nitrogen functional groups attached to an aromatic ring is 1. The lowest BCUT2D eigenvalue weighted by molar-refractivity contribution is 0.774. The number of hydrazine groups is 1. The van der Waals surface area contributed by atoms with Crippen LogP contribution in [0.2, 0.25) is 0 Å². The van der Waals surface area contributed by atoms with E-state index in [9.17, 15) is 0 Å². The lowest BCUT2D eigenvalue weighted by Gasteiger charge is -2.15. The van der Waals surface area contributed by atoms with Crippen LogP contribution in [0.25, 0.3) is 0 Å². The maximum Gasteiger partial charge on any atom is 0.145 e. The average molecular weight is 267 g/mol.